The number of benzene rings is 1. The second kappa shape index (κ2) is 12.0. The number of carboxylic acid groups (broad SMARTS) is 1. The van der Waals surface area contributed by atoms with Gasteiger partial charge in [0, 0.05) is 11.4 Å². The van der Waals surface area contributed by atoms with E-state index in [4.69, 9.17) is 19.9 Å². The highest BCUT2D eigenvalue weighted by Gasteiger charge is 2.38. The zero-order chi connectivity index (χ0) is 26.5. The first-order valence-corrected chi connectivity index (χ1v) is 12.9. The summed E-state index contributed by atoms with van der Waals surface area (Å²) in [6.45, 7) is 12.6. The van der Waals surface area contributed by atoms with E-state index in [1.54, 1.807) is 11.3 Å². The Kier molecular flexibility index (Phi) is 9.30. The predicted molar refractivity (Wildman–Crippen MR) is 138 cm³/mol. The maximum Gasteiger partial charge on any atom is 0.490 e. The van der Waals surface area contributed by atoms with Gasteiger partial charge >= 0.3 is 12.1 Å². The number of alkyl halides is 3. The minimum Gasteiger partial charge on any atom is -0.475 e. The Balaban J connectivity index is 0.000000454. The van der Waals surface area contributed by atoms with E-state index in [0.717, 1.165) is 48.6 Å². The van der Waals surface area contributed by atoms with Crippen LogP contribution in [0.4, 0.5) is 19.0 Å². The molecule has 6 nitrogen and oxygen atoms in total. The maximum atomic E-state index is 10.6. The number of halogens is 3. The highest BCUT2D eigenvalue weighted by Crippen LogP contribution is 2.34. The summed E-state index contributed by atoms with van der Waals surface area (Å²) in [7, 11) is 0. The molecular formula is C26H33F3N4O2S. The lowest BCUT2D eigenvalue weighted by atomic mass is 10.0. The molecule has 2 heterocycles. The summed E-state index contributed by atoms with van der Waals surface area (Å²) >= 11 is 1.79. The molecule has 196 valence electrons. The highest BCUT2D eigenvalue weighted by molar-refractivity contribution is 7.18. The third-order valence-electron chi connectivity index (χ3n) is 6.56. The minimum atomic E-state index is -5.08. The van der Waals surface area contributed by atoms with E-state index in [9.17, 15) is 13.2 Å². The molecular weight excluding hydrogens is 489 g/mol. The number of hydrogen-bond acceptors (Lipinski definition) is 6. The Morgan fingerprint density at radius 3 is 2.25 bits per heavy atom. The van der Waals surface area contributed by atoms with Crippen molar-refractivity contribution >= 4 is 33.3 Å². The molecule has 10 heteroatoms. The van der Waals surface area contributed by atoms with Crippen LogP contribution in [0.5, 0.6) is 0 Å². The van der Waals surface area contributed by atoms with Gasteiger partial charge in [-0.3, -0.25) is 4.90 Å². The van der Waals surface area contributed by atoms with Crippen LogP contribution < -0.4 is 5.32 Å². The van der Waals surface area contributed by atoms with Gasteiger partial charge in [0.25, 0.3) is 0 Å². The van der Waals surface area contributed by atoms with E-state index in [2.05, 4.69) is 62.2 Å². The summed E-state index contributed by atoms with van der Waals surface area (Å²) in [5, 5.41) is 12.0. The Morgan fingerprint density at radius 2 is 1.72 bits per heavy atom. The van der Waals surface area contributed by atoms with E-state index in [0.29, 0.717) is 0 Å². The van der Waals surface area contributed by atoms with Crippen LogP contribution in [-0.2, 0) is 24.2 Å². The molecule has 0 atom stereocenters. The molecule has 0 spiro atoms. The van der Waals surface area contributed by atoms with Crippen LogP contribution in [0.1, 0.15) is 47.7 Å². The number of rotatable bonds is 8. The lowest BCUT2D eigenvalue weighted by Crippen LogP contribution is -2.23. The number of carboxylic acids is 1. The number of anilines is 1. The van der Waals surface area contributed by atoms with Crippen molar-refractivity contribution in [2.75, 3.05) is 25.0 Å². The number of aryl methyl sites for hydroxylation is 2. The average molecular weight is 523 g/mol. The monoisotopic (exact) mass is 522 g/mol. The molecule has 0 amide bonds. The minimum absolute atomic E-state index is 0.734. The van der Waals surface area contributed by atoms with Gasteiger partial charge in [-0.05, 0) is 68.8 Å². The van der Waals surface area contributed by atoms with Crippen molar-refractivity contribution in [3.05, 3.63) is 51.7 Å². The largest absolute Gasteiger partial charge is 0.490 e. The van der Waals surface area contributed by atoms with Gasteiger partial charge in [0.2, 0.25) is 0 Å². The Hall–Kier alpha value is -2.72. The van der Waals surface area contributed by atoms with Crippen LogP contribution in [-0.4, -0.2) is 51.8 Å². The molecule has 0 bridgehead atoms. The molecule has 0 unspecified atom stereocenters. The van der Waals surface area contributed by atoms with Crippen LogP contribution in [0.2, 0.25) is 0 Å². The van der Waals surface area contributed by atoms with Gasteiger partial charge in [0.05, 0.1) is 11.9 Å². The summed E-state index contributed by atoms with van der Waals surface area (Å²) in [4.78, 5) is 23.6. The lowest BCUT2D eigenvalue weighted by molar-refractivity contribution is -0.192. The molecule has 0 radical (unpaired) electrons. The summed E-state index contributed by atoms with van der Waals surface area (Å²) in [6, 6.07) is 8.90. The van der Waals surface area contributed by atoms with Crippen molar-refractivity contribution in [2.45, 2.75) is 59.7 Å². The van der Waals surface area contributed by atoms with Gasteiger partial charge in [-0.2, -0.15) is 13.2 Å². The molecule has 0 aliphatic heterocycles. The zero-order valence-electron chi connectivity index (χ0n) is 21.1. The van der Waals surface area contributed by atoms with Crippen LogP contribution in [0.25, 0.3) is 10.2 Å². The first kappa shape index (κ1) is 27.9. The maximum absolute atomic E-state index is 10.6. The Bertz CT molecular complexity index is 1170. The number of nitrogens with zero attached hydrogens (tertiary/aromatic N) is 3. The molecule has 36 heavy (non-hydrogen) atoms. The van der Waals surface area contributed by atoms with Crippen LogP contribution in [0, 0.1) is 19.8 Å². The third-order valence-corrected chi connectivity index (χ3v) is 7.66. The van der Waals surface area contributed by atoms with E-state index >= 15 is 0 Å². The summed E-state index contributed by atoms with van der Waals surface area (Å²) in [5.74, 6) is -0.0714. The second-order valence-corrected chi connectivity index (χ2v) is 10.2. The summed E-state index contributed by atoms with van der Waals surface area (Å²) < 4.78 is 31.7. The molecule has 1 aliphatic rings. The topological polar surface area (TPSA) is 78.4 Å². The van der Waals surface area contributed by atoms with Gasteiger partial charge in [0.15, 0.2) is 0 Å². The van der Waals surface area contributed by atoms with Gasteiger partial charge in [0.1, 0.15) is 16.5 Å². The molecule has 4 rings (SSSR count). The number of aliphatic carboxylic acids is 1. The summed E-state index contributed by atoms with van der Waals surface area (Å²) in [6.07, 6.45) is -1.49. The number of nitrogens with one attached hydrogen (secondary N) is 1. The van der Waals surface area contributed by atoms with Crippen molar-refractivity contribution in [2.24, 2.45) is 5.92 Å². The third kappa shape index (κ3) is 6.94. The normalized spacial score (nSPS) is 13.6. The van der Waals surface area contributed by atoms with Crippen molar-refractivity contribution in [1.29, 1.82) is 0 Å². The fourth-order valence-electron chi connectivity index (χ4n) is 4.39. The first-order valence-electron chi connectivity index (χ1n) is 12.1. The van der Waals surface area contributed by atoms with E-state index in [-0.39, 0.29) is 0 Å². The van der Waals surface area contributed by atoms with Crippen molar-refractivity contribution in [1.82, 2.24) is 14.9 Å². The molecule has 1 aromatic carbocycles. The van der Waals surface area contributed by atoms with Gasteiger partial charge in [-0.1, -0.05) is 38.1 Å². The molecule has 0 fully saturated rings. The van der Waals surface area contributed by atoms with Gasteiger partial charge < -0.3 is 10.4 Å². The first-order chi connectivity index (χ1) is 17.0. The van der Waals surface area contributed by atoms with Crippen molar-refractivity contribution < 1.29 is 23.1 Å². The van der Waals surface area contributed by atoms with Crippen molar-refractivity contribution in [3.8, 4) is 0 Å². The van der Waals surface area contributed by atoms with Gasteiger partial charge in [-0.25, -0.2) is 14.8 Å². The van der Waals surface area contributed by atoms with Gasteiger partial charge in [-0.15, -0.1) is 11.3 Å². The van der Waals surface area contributed by atoms with Crippen LogP contribution in [0.15, 0.2) is 24.3 Å². The fraction of sp³-hybridized carbons (Fsp3) is 0.500. The van der Waals surface area contributed by atoms with E-state index in [1.807, 2.05) is 0 Å². The van der Waals surface area contributed by atoms with Crippen molar-refractivity contribution in [3.63, 3.8) is 0 Å². The lowest BCUT2D eigenvalue weighted by Gasteiger charge is -2.18. The number of fused-ring (bicyclic) bond motifs is 2. The van der Waals surface area contributed by atoms with Crippen LogP contribution >= 0.6 is 11.3 Å². The predicted octanol–water partition coefficient (Wildman–Crippen LogP) is 6.00. The highest BCUT2D eigenvalue weighted by atomic mass is 32.1. The molecule has 0 saturated heterocycles. The molecule has 2 N–H and O–H groups in total. The fourth-order valence-corrected chi connectivity index (χ4v) is 5.44. The number of hydrogen-bond donors (Lipinski definition) is 2. The van der Waals surface area contributed by atoms with E-state index < -0.39 is 12.1 Å². The smallest absolute Gasteiger partial charge is 0.475 e. The summed E-state index contributed by atoms with van der Waals surface area (Å²) in [5.41, 5.74) is 4.38. The number of carbonyl (C=O) groups is 1. The molecule has 3 aromatic rings. The van der Waals surface area contributed by atoms with E-state index in [1.165, 1.54) is 46.2 Å². The zero-order valence-corrected chi connectivity index (χ0v) is 21.9. The quantitative estimate of drug-likeness (QED) is 0.378. The number of thiophene rings is 1. The second-order valence-electron chi connectivity index (χ2n) is 8.97. The molecule has 2 aromatic heterocycles. The Morgan fingerprint density at radius 1 is 1.14 bits per heavy atom. The molecule has 0 saturated carbocycles. The molecule has 1 aliphatic carbocycles. The standard InChI is InChI=1S/C24H32N4S.C2HF3O2/c1-5-28(6-2)15-21-26-23(22-16(3)17(4)29-24(22)27-21)25-12-11-18-13-19-9-7-8-10-20(19)14-18;3-2(4,5)1(6)7/h7-10,18H,5-6,11-15H2,1-4H3,(H,25,26,27);(H,6,7). The Labute approximate surface area is 213 Å². The SMILES string of the molecule is CCN(CC)Cc1nc(NCCC2Cc3ccccc3C2)c2c(C)c(C)sc2n1.O=C(O)C(F)(F)F. The average Bonchev–Trinajstić information content (AvgIpc) is 3.37. The van der Waals surface area contributed by atoms with Crippen LogP contribution in [0.3, 0.4) is 0 Å². The number of aromatic nitrogens is 2.